The number of morpholine rings is 1. The summed E-state index contributed by atoms with van der Waals surface area (Å²) in [5.41, 5.74) is 4.25. The summed E-state index contributed by atoms with van der Waals surface area (Å²) >= 11 is 0. The van der Waals surface area contributed by atoms with E-state index in [1.54, 1.807) is 12.1 Å². The Bertz CT molecular complexity index is 771. The molecule has 1 aliphatic heterocycles. The summed E-state index contributed by atoms with van der Waals surface area (Å²) in [6.07, 6.45) is 5.94. The molecule has 1 aliphatic rings. The molecule has 156 valence electrons. The fourth-order valence-electron chi connectivity index (χ4n) is 3.87. The molecule has 1 saturated heterocycles. The highest BCUT2D eigenvalue weighted by molar-refractivity contribution is 6.00. The molecule has 0 bridgehead atoms. The third-order valence-corrected chi connectivity index (χ3v) is 5.55. The third-order valence-electron chi connectivity index (χ3n) is 5.55. The van der Waals surface area contributed by atoms with Gasteiger partial charge in [0.2, 0.25) is 0 Å². The summed E-state index contributed by atoms with van der Waals surface area (Å²) in [7, 11) is 0. The van der Waals surface area contributed by atoms with E-state index >= 15 is 0 Å². The molecule has 0 spiro atoms. The molecule has 2 aromatic carbocycles. The molecular weight excluding hydrogens is 367 g/mol. The fourth-order valence-corrected chi connectivity index (χ4v) is 3.87. The predicted octanol–water partition coefficient (Wildman–Crippen LogP) is 4.68. The van der Waals surface area contributed by atoms with Crippen molar-refractivity contribution in [2.45, 2.75) is 38.5 Å². The molecular formula is C24H31FN2O2. The van der Waals surface area contributed by atoms with Crippen LogP contribution in [0.15, 0.2) is 53.7 Å². The van der Waals surface area contributed by atoms with E-state index in [-0.39, 0.29) is 5.82 Å². The Kier molecular flexibility index (Phi) is 8.65. The molecule has 0 unspecified atom stereocenters. The van der Waals surface area contributed by atoms with Gasteiger partial charge in [-0.3, -0.25) is 4.90 Å². The van der Waals surface area contributed by atoms with E-state index in [4.69, 9.17) is 4.74 Å². The van der Waals surface area contributed by atoms with Crippen LogP contribution in [-0.2, 0) is 17.6 Å². The number of aryl methyl sites for hydroxylation is 2. The lowest BCUT2D eigenvalue weighted by Crippen LogP contribution is -2.36. The van der Waals surface area contributed by atoms with Crippen molar-refractivity contribution in [2.24, 2.45) is 5.16 Å². The first kappa shape index (κ1) is 21.5. The molecule has 0 amide bonds. The van der Waals surface area contributed by atoms with Gasteiger partial charge in [-0.15, -0.1) is 0 Å². The first-order valence-electron chi connectivity index (χ1n) is 10.6. The van der Waals surface area contributed by atoms with Crippen molar-refractivity contribution in [3.8, 4) is 0 Å². The molecule has 2 aromatic rings. The van der Waals surface area contributed by atoms with Gasteiger partial charge < -0.3 is 9.94 Å². The second-order valence-corrected chi connectivity index (χ2v) is 7.59. The second-order valence-electron chi connectivity index (χ2n) is 7.59. The number of hydrogen-bond donors (Lipinski definition) is 1. The molecule has 1 heterocycles. The minimum absolute atomic E-state index is 0.281. The quantitative estimate of drug-likeness (QED) is 0.273. The largest absolute Gasteiger partial charge is 0.411 e. The minimum Gasteiger partial charge on any atom is -0.411 e. The van der Waals surface area contributed by atoms with Crippen molar-refractivity contribution in [1.82, 2.24) is 4.90 Å². The number of hydrogen-bond acceptors (Lipinski definition) is 4. The lowest BCUT2D eigenvalue weighted by atomic mass is 9.97. The molecule has 1 N–H and O–H groups in total. The van der Waals surface area contributed by atoms with Crippen LogP contribution >= 0.6 is 0 Å². The number of halogens is 1. The van der Waals surface area contributed by atoms with Crippen LogP contribution in [0.2, 0.25) is 0 Å². The molecule has 0 aromatic heterocycles. The molecule has 3 rings (SSSR count). The van der Waals surface area contributed by atoms with Crippen molar-refractivity contribution >= 4 is 5.71 Å². The van der Waals surface area contributed by atoms with E-state index in [1.165, 1.54) is 29.7 Å². The zero-order valence-corrected chi connectivity index (χ0v) is 17.0. The first-order chi connectivity index (χ1) is 14.3. The van der Waals surface area contributed by atoms with Crippen molar-refractivity contribution < 1.29 is 14.3 Å². The molecule has 29 heavy (non-hydrogen) atoms. The van der Waals surface area contributed by atoms with Gasteiger partial charge in [-0.2, -0.15) is 0 Å². The van der Waals surface area contributed by atoms with Crippen LogP contribution in [0, 0.1) is 5.82 Å². The molecule has 0 radical (unpaired) electrons. The Morgan fingerprint density at radius 3 is 2.24 bits per heavy atom. The van der Waals surface area contributed by atoms with Gasteiger partial charge in [-0.25, -0.2) is 4.39 Å². The Morgan fingerprint density at radius 2 is 1.59 bits per heavy atom. The third kappa shape index (κ3) is 6.94. The van der Waals surface area contributed by atoms with Crippen LogP contribution < -0.4 is 0 Å². The zero-order valence-electron chi connectivity index (χ0n) is 17.0. The molecule has 0 aliphatic carbocycles. The van der Waals surface area contributed by atoms with Gasteiger partial charge in [0.25, 0.3) is 0 Å². The van der Waals surface area contributed by atoms with Crippen molar-refractivity contribution in [2.75, 3.05) is 32.8 Å². The number of unbranched alkanes of at least 4 members (excludes halogenated alkanes) is 1. The topological polar surface area (TPSA) is 45.1 Å². The average Bonchev–Trinajstić information content (AvgIpc) is 2.76. The van der Waals surface area contributed by atoms with Gasteiger partial charge in [-0.1, -0.05) is 41.6 Å². The summed E-state index contributed by atoms with van der Waals surface area (Å²) in [6, 6.07) is 14.8. The van der Waals surface area contributed by atoms with E-state index in [1.807, 2.05) is 0 Å². The van der Waals surface area contributed by atoms with Crippen LogP contribution in [0.4, 0.5) is 4.39 Å². The summed E-state index contributed by atoms with van der Waals surface area (Å²) in [5.74, 6) is -0.281. The van der Waals surface area contributed by atoms with Crippen LogP contribution in [0.25, 0.3) is 0 Å². The number of rotatable bonds is 10. The van der Waals surface area contributed by atoms with E-state index in [2.05, 4.69) is 34.3 Å². The highest BCUT2D eigenvalue weighted by Crippen LogP contribution is 2.16. The fraction of sp³-hybridized carbons (Fsp3) is 0.458. The van der Waals surface area contributed by atoms with Gasteiger partial charge in [0.05, 0.1) is 18.9 Å². The average molecular weight is 399 g/mol. The maximum Gasteiger partial charge on any atom is 0.123 e. The Labute approximate surface area is 173 Å². The SMILES string of the molecule is ON=C(CCCCc1ccccc1CCCN1CCOCC1)c1ccc(F)cc1. The standard InChI is InChI=1S/C24H31FN2O2/c25-23-13-11-22(12-14-23)24(26-28)10-4-3-8-20-6-1-2-7-21(20)9-5-15-27-16-18-29-19-17-27/h1-2,6-7,11-14,28H,3-5,8-10,15-19H2. The predicted molar refractivity (Wildman–Crippen MR) is 114 cm³/mol. The van der Waals surface area contributed by atoms with Crippen LogP contribution in [0.5, 0.6) is 0 Å². The van der Waals surface area contributed by atoms with Crippen LogP contribution in [0.1, 0.15) is 42.4 Å². The lowest BCUT2D eigenvalue weighted by Gasteiger charge is -2.26. The van der Waals surface area contributed by atoms with Gasteiger partial charge in [0.1, 0.15) is 5.82 Å². The lowest BCUT2D eigenvalue weighted by molar-refractivity contribution is 0.0374. The van der Waals surface area contributed by atoms with E-state index in [0.717, 1.165) is 64.1 Å². The summed E-state index contributed by atoms with van der Waals surface area (Å²) < 4.78 is 18.5. The molecule has 0 atom stereocenters. The summed E-state index contributed by atoms with van der Waals surface area (Å²) in [6.45, 7) is 4.93. The van der Waals surface area contributed by atoms with Crippen LogP contribution in [0.3, 0.4) is 0 Å². The maximum absolute atomic E-state index is 13.1. The Morgan fingerprint density at radius 1 is 0.931 bits per heavy atom. The number of nitrogens with zero attached hydrogens (tertiary/aromatic N) is 2. The molecule has 5 heteroatoms. The first-order valence-corrected chi connectivity index (χ1v) is 10.6. The number of benzene rings is 2. The number of oxime groups is 1. The highest BCUT2D eigenvalue weighted by atomic mass is 19.1. The Hall–Kier alpha value is -2.24. The number of ether oxygens (including phenoxy) is 1. The highest BCUT2D eigenvalue weighted by Gasteiger charge is 2.10. The Balaban J connectivity index is 1.43. The van der Waals surface area contributed by atoms with Gasteiger partial charge in [-0.05, 0) is 73.9 Å². The smallest absolute Gasteiger partial charge is 0.123 e. The van der Waals surface area contributed by atoms with Gasteiger partial charge in [0, 0.05) is 13.1 Å². The zero-order chi connectivity index (χ0) is 20.3. The monoisotopic (exact) mass is 398 g/mol. The van der Waals surface area contributed by atoms with E-state index in [9.17, 15) is 9.60 Å². The maximum atomic E-state index is 13.1. The molecule has 4 nitrogen and oxygen atoms in total. The van der Waals surface area contributed by atoms with E-state index in [0.29, 0.717) is 12.1 Å². The van der Waals surface area contributed by atoms with Gasteiger partial charge in [0.15, 0.2) is 0 Å². The summed E-state index contributed by atoms with van der Waals surface area (Å²) in [4.78, 5) is 2.48. The molecule has 1 fully saturated rings. The van der Waals surface area contributed by atoms with Crippen molar-refractivity contribution in [3.05, 3.63) is 71.0 Å². The minimum atomic E-state index is -0.281. The van der Waals surface area contributed by atoms with Crippen molar-refractivity contribution in [3.63, 3.8) is 0 Å². The molecule has 0 saturated carbocycles. The summed E-state index contributed by atoms with van der Waals surface area (Å²) in [5, 5.41) is 12.7. The second kappa shape index (κ2) is 11.7. The van der Waals surface area contributed by atoms with Crippen LogP contribution in [-0.4, -0.2) is 48.7 Å². The van der Waals surface area contributed by atoms with Gasteiger partial charge >= 0.3 is 0 Å². The van der Waals surface area contributed by atoms with Crippen molar-refractivity contribution in [1.29, 1.82) is 0 Å². The normalized spacial score (nSPS) is 15.6. The van der Waals surface area contributed by atoms with E-state index < -0.39 is 0 Å².